The van der Waals surface area contributed by atoms with Crippen molar-refractivity contribution in [2.45, 2.75) is 26.0 Å². The number of hydrogen-bond acceptors (Lipinski definition) is 7. The first-order valence-electron chi connectivity index (χ1n) is 7.74. The van der Waals surface area contributed by atoms with Gasteiger partial charge in [0.1, 0.15) is 12.3 Å². The molecule has 23 heavy (non-hydrogen) atoms. The average Bonchev–Trinajstić information content (AvgIpc) is 3.03. The third kappa shape index (κ3) is 4.00. The van der Waals surface area contributed by atoms with Crippen LogP contribution in [0.1, 0.15) is 35.0 Å². The van der Waals surface area contributed by atoms with E-state index in [-0.39, 0.29) is 11.7 Å². The van der Waals surface area contributed by atoms with E-state index < -0.39 is 0 Å². The minimum absolute atomic E-state index is 0.0241. The van der Waals surface area contributed by atoms with Crippen LogP contribution in [0.15, 0.2) is 28.9 Å². The van der Waals surface area contributed by atoms with E-state index in [9.17, 15) is 4.79 Å². The zero-order chi connectivity index (χ0) is 16.1. The van der Waals surface area contributed by atoms with Crippen molar-refractivity contribution in [3.63, 3.8) is 0 Å². The van der Waals surface area contributed by atoms with Gasteiger partial charge in [-0.3, -0.25) is 14.7 Å². The molecule has 3 rings (SSSR count). The highest BCUT2D eigenvalue weighted by molar-refractivity contribution is 5.96. The number of rotatable bonds is 6. The first-order chi connectivity index (χ1) is 11.3. The molecule has 0 N–H and O–H groups in total. The Balaban J connectivity index is 1.60. The lowest BCUT2D eigenvalue weighted by Gasteiger charge is -2.30. The molecule has 122 valence electrons. The van der Waals surface area contributed by atoms with Crippen LogP contribution >= 0.6 is 0 Å². The lowest BCUT2D eigenvalue weighted by molar-refractivity contribution is 0.0802. The van der Waals surface area contributed by atoms with Crippen LogP contribution < -0.4 is 0 Å². The molecule has 0 aliphatic carbocycles. The van der Waals surface area contributed by atoms with Gasteiger partial charge in [-0.1, -0.05) is 11.2 Å². The molecule has 0 bridgehead atoms. The number of pyridine rings is 1. The van der Waals surface area contributed by atoms with Gasteiger partial charge in [0, 0.05) is 25.8 Å². The first kappa shape index (κ1) is 15.8. The largest absolute Gasteiger partial charge is 0.375 e. The van der Waals surface area contributed by atoms with Crippen LogP contribution in [0.25, 0.3) is 0 Å². The van der Waals surface area contributed by atoms with Gasteiger partial charge in [-0.05, 0) is 31.5 Å². The molecule has 2 aromatic rings. The summed E-state index contributed by atoms with van der Waals surface area (Å²) in [7, 11) is 1.59. The molecule has 1 aliphatic heterocycles. The smallest absolute Gasteiger partial charge is 0.252 e. The Morgan fingerprint density at radius 2 is 2.39 bits per heavy atom. The van der Waals surface area contributed by atoms with Gasteiger partial charge >= 0.3 is 0 Å². The fourth-order valence-electron chi connectivity index (χ4n) is 2.87. The summed E-state index contributed by atoms with van der Waals surface area (Å²) in [5, 5.41) is 3.95. The van der Waals surface area contributed by atoms with Crippen LogP contribution in [0.2, 0.25) is 0 Å². The standard InChI is InChI=1S/C16H20N4O3/c1-22-11-15-18-14(19-23-15)10-20-8-4-5-12(9-20)16(21)13-6-2-3-7-17-13/h2-3,6-7,12H,4-5,8-11H2,1H3/t12-/m1/s1. The maximum Gasteiger partial charge on any atom is 0.252 e. The Hall–Kier alpha value is -2.12. The maximum atomic E-state index is 12.5. The number of hydrogen-bond donors (Lipinski definition) is 0. The van der Waals surface area contributed by atoms with Gasteiger partial charge in [0.05, 0.1) is 6.54 Å². The number of aromatic nitrogens is 3. The van der Waals surface area contributed by atoms with Crippen LogP contribution in [0.5, 0.6) is 0 Å². The van der Waals surface area contributed by atoms with Crippen molar-refractivity contribution in [3.05, 3.63) is 41.8 Å². The zero-order valence-electron chi connectivity index (χ0n) is 13.1. The van der Waals surface area contributed by atoms with Crippen LogP contribution in [0, 0.1) is 5.92 Å². The van der Waals surface area contributed by atoms with Crippen LogP contribution in [0.3, 0.4) is 0 Å². The zero-order valence-corrected chi connectivity index (χ0v) is 13.1. The van der Waals surface area contributed by atoms with E-state index in [1.165, 1.54) is 0 Å². The third-order valence-corrected chi connectivity index (χ3v) is 3.94. The Morgan fingerprint density at radius 3 is 3.17 bits per heavy atom. The Labute approximate surface area is 134 Å². The summed E-state index contributed by atoms with van der Waals surface area (Å²) in [6, 6.07) is 5.44. The van der Waals surface area contributed by atoms with Gasteiger partial charge in [0.25, 0.3) is 5.89 Å². The summed E-state index contributed by atoms with van der Waals surface area (Å²) in [5.41, 5.74) is 0.543. The molecule has 1 saturated heterocycles. The molecule has 7 nitrogen and oxygen atoms in total. The van der Waals surface area contributed by atoms with Crippen LogP contribution in [-0.4, -0.2) is 46.0 Å². The quantitative estimate of drug-likeness (QED) is 0.750. The maximum absolute atomic E-state index is 12.5. The highest BCUT2D eigenvalue weighted by Gasteiger charge is 2.27. The van der Waals surface area contributed by atoms with Gasteiger partial charge < -0.3 is 9.26 Å². The molecule has 1 atom stereocenters. The van der Waals surface area contributed by atoms with Crippen LogP contribution in [-0.2, 0) is 17.9 Å². The lowest BCUT2D eigenvalue weighted by atomic mass is 9.92. The molecule has 3 heterocycles. The van der Waals surface area contributed by atoms with E-state index in [0.717, 1.165) is 19.4 Å². The number of nitrogens with zero attached hydrogens (tertiary/aromatic N) is 4. The molecular formula is C16H20N4O3. The van der Waals surface area contributed by atoms with Crippen molar-refractivity contribution in [1.82, 2.24) is 20.0 Å². The van der Waals surface area contributed by atoms with Gasteiger partial charge in [0.15, 0.2) is 11.6 Å². The molecular weight excluding hydrogens is 296 g/mol. The van der Waals surface area contributed by atoms with Gasteiger partial charge in [-0.15, -0.1) is 0 Å². The number of Topliss-reactive ketones (excluding diaryl/α,β-unsaturated/α-hetero) is 1. The SMILES string of the molecule is COCc1nc(CN2CCC[C@@H](C(=O)c3ccccn3)C2)no1. The highest BCUT2D eigenvalue weighted by atomic mass is 16.5. The van der Waals surface area contributed by atoms with Gasteiger partial charge in [0.2, 0.25) is 0 Å². The number of piperidine rings is 1. The molecule has 2 aromatic heterocycles. The van der Waals surface area contributed by atoms with Crippen molar-refractivity contribution in [2.24, 2.45) is 5.92 Å². The second kappa shape index (κ2) is 7.43. The topological polar surface area (TPSA) is 81.4 Å². The predicted molar refractivity (Wildman–Crippen MR) is 81.6 cm³/mol. The fraction of sp³-hybridized carbons (Fsp3) is 0.500. The third-order valence-electron chi connectivity index (χ3n) is 3.94. The average molecular weight is 316 g/mol. The minimum Gasteiger partial charge on any atom is -0.375 e. The second-order valence-corrected chi connectivity index (χ2v) is 5.69. The highest BCUT2D eigenvalue weighted by Crippen LogP contribution is 2.21. The Morgan fingerprint density at radius 1 is 1.48 bits per heavy atom. The Kier molecular flexibility index (Phi) is 5.09. The molecule has 0 unspecified atom stereocenters. The molecule has 0 amide bonds. The van der Waals surface area contributed by atoms with E-state index in [1.807, 2.05) is 12.1 Å². The summed E-state index contributed by atoms with van der Waals surface area (Å²) in [6.45, 7) is 2.52. The molecule has 7 heteroatoms. The van der Waals surface area contributed by atoms with Crippen molar-refractivity contribution in [2.75, 3.05) is 20.2 Å². The second-order valence-electron chi connectivity index (χ2n) is 5.69. The summed E-state index contributed by atoms with van der Waals surface area (Å²) >= 11 is 0. The van der Waals surface area contributed by atoms with E-state index >= 15 is 0 Å². The molecule has 0 aromatic carbocycles. The lowest BCUT2D eigenvalue weighted by Crippen LogP contribution is -2.38. The van der Waals surface area contributed by atoms with E-state index in [0.29, 0.717) is 37.1 Å². The summed E-state index contributed by atoms with van der Waals surface area (Å²) in [4.78, 5) is 23.2. The number of likely N-dealkylation sites (tertiary alicyclic amines) is 1. The van der Waals surface area contributed by atoms with Gasteiger partial charge in [-0.25, -0.2) is 0 Å². The molecule has 0 saturated carbocycles. The first-order valence-corrected chi connectivity index (χ1v) is 7.74. The molecule has 0 spiro atoms. The molecule has 1 fully saturated rings. The monoisotopic (exact) mass is 316 g/mol. The fourth-order valence-corrected chi connectivity index (χ4v) is 2.87. The number of carbonyl (C=O) groups excluding carboxylic acids is 1. The summed E-state index contributed by atoms with van der Waals surface area (Å²) in [6.07, 6.45) is 3.53. The summed E-state index contributed by atoms with van der Waals surface area (Å²) in [5.74, 6) is 1.19. The number of carbonyl (C=O) groups is 1. The molecule has 1 aliphatic rings. The normalized spacial score (nSPS) is 18.9. The number of methoxy groups -OCH3 is 1. The number of ketones is 1. The summed E-state index contributed by atoms with van der Waals surface area (Å²) < 4.78 is 10.1. The van der Waals surface area contributed by atoms with E-state index in [2.05, 4.69) is 20.0 Å². The van der Waals surface area contributed by atoms with Crippen molar-refractivity contribution < 1.29 is 14.1 Å². The van der Waals surface area contributed by atoms with Gasteiger partial charge in [-0.2, -0.15) is 4.98 Å². The Bertz CT molecular complexity index is 644. The van der Waals surface area contributed by atoms with Crippen molar-refractivity contribution in [3.8, 4) is 0 Å². The van der Waals surface area contributed by atoms with E-state index in [1.54, 1.807) is 19.4 Å². The van der Waals surface area contributed by atoms with Crippen LogP contribution in [0.4, 0.5) is 0 Å². The molecule has 0 radical (unpaired) electrons. The predicted octanol–water partition coefficient (Wildman–Crippen LogP) is 1.71. The number of ether oxygens (including phenoxy) is 1. The van der Waals surface area contributed by atoms with E-state index in [4.69, 9.17) is 9.26 Å². The van der Waals surface area contributed by atoms with Crippen molar-refractivity contribution >= 4 is 5.78 Å². The van der Waals surface area contributed by atoms with Crippen molar-refractivity contribution in [1.29, 1.82) is 0 Å². The minimum atomic E-state index is -0.0241.